The molecular formula is C18H23N. The SMILES string of the molecule is CC(C)CNC(Cc1ccccc1)c1ccccc1. The molecule has 2 aromatic rings. The second-order valence-corrected chi connectivity index (χ2v) is 5.46. The van der Waals surface area contributed by atoms with E-state index in [0.717, 1.165) is 13.0 Å². The molecule has 19 heavy (non-hydrogen) atoms. The van der Waals surface area contributed by atoms with Gasteiger partial charge in [-0.3, -0.25) is 0 Å². The first-order valence-corrected chi connectivity index (χ1v) is 7.08. The van der Waals surface area contributed by atoms with Gasteiger partial charge in [0.05, 0.1) is 0 Å². The minimum absolute atomic E-state index is 0.394. The van der Waals surface area contributed by atoms with Gasteiger partial charge >= 0.3 is 0 Å². The molecule has 1 atom stereocenters. The second kappa shape index (κ2) is 7.10. The number of nitrogens with one attached hydrogen (secondary N) is 1. The fourth-order valence-electron chi connectivity index (χ4n) is 2.22. The van der Waals surface area contributed by atoms with Gasteiger partial charge in [0.15, 0.2) is 0 Å². The van der Waals surface area contributed by atoms with E-state index in [1.807, 2.05) is 0 Å². The van der Waals surface area contributed by atoms with Crippen LogP contribution >= 0.6 is 0 Å². The van der Waals surface area contributed by atoms with E-state index >= 15 is 0 Å². The summed E-state index contributed by atoms with van der Waals surface area (Å²) in [4.78, 5) is 0. The molecular weight excluding hydrogens is 230 g/mol. The van der Waals surface area contributed by atoms with Crippen molar-refractivity contribution in [3.8, 4) is 0 Å². The van der Waals surface area contributed by atoms with Crippen LogP contribution in [0, 0.1) is 5.92 Å². The fourth-order valence-corrected chi connectivity index (χ4v) is 2.22. The molecule has 0 aliphatic heterocycles. The van der Waals surface area contributed by atoms with Crippen LogP contribution < -0.4 is 5.32 Å². The third-order valence-electron chi connectivity index (χ3n) is 3.26. The average Bonchev–Trinajstić information content (AvgIpc) is 2.45. The average molecular weight is 253 g/mol. The third kappa shape index (κ3) is 4.53. The van der Waals surface area contributed by atoms with Crippen LogP contribution in [-0.4, -0.2) is 6.54 Å². The van der Waals surface area contributed by atoms with Crippen LogP contribution in [0.1, 0.15) is 31.0 Å². The monoisotopic (exact) mass is 253 g/mol. The van der Waals surface area contributed by atoms with Gasteiger partial charge in [0.1, 0.15) is 0 Å². The molecule has 1 heteroatoms. The van der Waals surface area contributed by atoms with Crippen molar-refractivity contribution < 1.29 is 0 Å². The van der Waals surface area contributed by atoms with Gasteiger partial charge in [-0.2, -0.15) is 0 Å². The van der Waals surface area contributed by atoms with E-state index in [9.17, 15) is 0 Å². The Bertz CT molecular complexity index is 462. The summed E-state index contributed by atoms with van der Waals surface area (Å²) >= 11 is 0. The minimum atomic E-state index is 0.394. The summed E-state index contributed by atoms with van der Waals surface area (Å²) in [5.74, 6) is 0.669. The normalized spacial score (nSPS) is 12.6. The maximum absolute atomic E-state index is 3.68. The fraction of sp³-hybridized carbons (Fsp3) is 0.333. The lowest BCUT2D eigenvalue weighted by molar-refractivity contribution is 0.471. The molecule has 0 bridgehead atoms. The topological polar surface area (TPSA) is 12.0 Å². The molecule has 2 rings (SSSR count). The van der Waals surface area contributed by atoms with Gasteiger partial charge < -0.3 is 5.32 Å². The summed E-state index contributed by atoms with van der Waals surface area (Å²) in [7, 11) is 0. The number of rotatable bonds is 6. The Morgan fingerprint density at radius 1 is 0.842 bits per heavy atom. The largest absolute Gasteiger partial charge is 0.309 e. The highest BCUT2D eigenvalue weighted by Crippen LogP contribution is 2.18. The van der Waals surface area contributed by atoms with Gasteiger partial charge in [0.25, 0.3) is 0 Å². The van der Waals surface area contributed by atoms with Crippen molar-refractivity contribution in [2.24, 2.45) is 5.92 Å². The summed E-state index contributed by atoms with van der Waals surface area (Å²) in [6.07, 6.45) is 1.04. The van der Waals surface area contributed by atoms with Crippen molar-refractivity contribution in [1.82, 2.24) is 5.32 Å². The highest BCUT2D eigenvalue weighted by molar-refractivity contribution is 5.23. The van der Waals surface area contributed by atoms with Crippen LogP contribution in [0.3, 0.4) is 0 Å². The van der Waals surface area contributed by atoms with Crippen molar-refractivity contribution in [3.63, 3.8) is 0 Å². The quantitative estimate of drug-likeness (QED) is 0.813. The Kier molecular flexibility index (Phi) is 5.17. The van der Waals surface area contributed by atoms with Gasteiger partial charge in [0, 0.05) is 6.04 Å². The first kappa shape index (κ1) is 13.8. The van der Waals surface area contributed by atoms with E-state index in [0.29, 0.717) is 12.0 Å². The van der Waals surface area contributed by atoms with E-state index in [4.69, 9.17) is 0 Å². The van der Waals surface area contributed by atoms with E-state index in [-0.39, 0.29) is 0 Å². The van der Waals surface area contributed by atoms with E-state index in [1.165, 1.54) is 11.1 Å². The summed E-state index contributed by atoms with van der Waals surface area (Å²) < 4.78 is 0. The highest BCUT2D eigenvalue weighted by atomic mass is 14.9. The highest BCUT2D eigenvalue weighted by Gasteiger charge is 2.11. The van der Waals surface area contributed by atoms with Crippen LogP contribution in [0.5, 0.6) is 0 Å². The molecule has 0 aliphatic rings. The van der Waals surface area contributed by atoms with Crippen LogP contribution in [0.25, 0.3) is 0 Å². The van der Waals surface area contributed by atoms with Gasteiger partial charge in [-0.25, -0.2) is 0 Å². The Labute approximate surface area is 116 Å². The smallest absolute Gasteiger partial charge is 0.0360 e. The van der Waals surface area contributed by atoms with Gasteiger partial charge in [-0.05, 0) is 30.0 Å². The summed E-state index contributed by atoms with van der Waals surface area (Å²) in [5, 5.41) is 3.68. The van der Waals surface area contributed by atoms with Crippen molar-refractivity contribution in [2.75, 3.05) is 6.54 Å². The second-order valence-electron chi connectivity index (χ2n) is 5.46. The Hall–Kier alpha value is -1.60. The van der Waals surface area contributed by atoms with Crippen LogP contribution in [0.2, 0.25) is 0 Å². The maximum atomic E-state index is 3.68. The zero-order valence-corrected chi connectivity index (χ0v) is 11.8. The molecule has 0 heterocycles. The molecule has 0 saturated heterocycles. The lowest BCUT2D eigenvalue weighted by Crippen LogP contribution is -2.27. The molecule has 0 spiro atoms. The third-order valence-corrected chi connectivity index (χ3v) is 3.26. The molecule has 0 saturated carbocycles. The number of hydrogen-bond donors (Lipinski definition) is 1. The maximum Gasteiger partial charge on any atom is 0.0360 e. The van der Waals surface area contributed by atoms with Gasteiger partial charge in [-0.1, -0.05) is 74.5 Å². The van der Waals surface area contributed by atoms with E-state index in [1.54, 1.807) is 0 Å². The predicted octanol–water partition coefficient (Wildman–Crippen LogP) is 4.22. The molecule has 1 unspecified atom stereocenters. The Morgan fingerprint density at radius 3 is 2.00 bits per heavy atom. The van der Waals surface area contributed by atoms with Crippen LogP contribution in [0.4, 0.5) is 0 Å². The lowest BCUT2D eigenvalue weighted by atomic mass is 9.98. The molecule has 0 aliphatic carbocycles. The first-order valence-electron chi connectivity index (χ1n) is 7.08. The van der Waals surface area contributed by atoms with Crippen LogP contribution in [0.15, 0.2) is 60.7 Å². The molecule has 1 N–H and O–H groups in total. The Morgan fingerprint density at radius 2 is 1.42 bits per heavy atom. The van der Waals surface area contributed by atoms with Crippen molar-refractivity contribution in [2.45, 2.75) is 26.3 Å². The minimum Gasteiger partial charge on any atom is -0.309 e. The predicted molar refractivity (Wildman–Crippen MR) is 82.2 cm³/mol. The zero-order chi connectivity index (χ0) is 13.5. The van der Waals surface area contributed by atoms with Gasteiger partial charge in [0.2, 0.25) is 0 Å². The zero-order valence-electron chi connectivity index (χ0n) is 11.8. The van der Waals surface area contributed by atoms with E-state index in [2.05, 4.69) is 79.8 Å². The molecule has 0 amide bonds. The first-order chi connectivity index (χ1) is 9.25. The summed E-state index contributed by atoms with van der Waals surface area (Å²) in [5.41, 5.74) is 2.75. The molecule has 1 nitrogen and oxygen atoms in total. The standard InChI is InChI=1S/C18H23N/c1-15(2)14-19-18(17-11-7-4-8-12-17)13-16-9-5-3-6-10-16/h3-12,15,18-19H,13-14H2,1-2H3. The molecule has 0 radical (unpaired) electrons. The van der Waals surface area contributed by atoms with E-state index < -0.39 is 0 Å². The van der Waals surface area contributed by atoms with Crippen molar-refractivity contribution in [3.05, 3.63) is 71.8 Å². The Balaban J connectivity index is 2.10. The number of benzene rings is 2. The summed E-state index contributed by atoms with van der Waals surface area (Å²) in [6, 6.07) is 21.8. The van der Waals surface area contributed by atoms with Crippen molar-refractivity contribution >= 4 is 0 Å². The molecule has 0 aromatic heterocycles. The molecule has 100 valence electrons. The molecule has 0 fully saturated rings. The number of hydrogen-bond acceptors (Lipinski definition) is 1. The van der Waals surface area contributed by atoms with Gasteiger partial charge in [-0.15, -0.1) is 0 Å². The summed E-state index contributed by atoms with van der Waals surface area (Å²) in [6.45, 7) is 5.54. The molecule has 2 aromatic carbocycles. The van der Waals surface area contributed by atoms with Crippen molar-refractivity contribution in [1.29, 1.82) is 0 Å². The van der Waals surface area contributed by atoms with Crippen LogP contribution in [-0.2, 0) is 6.42 Å². The lowest BCUT2D eigenvalue weighted by Gasteiger charge is -2.20.